The van der Waals surface area contributed by atoms with E-state index in [1.165, 1.54) is 41.3 Å². The van der Waals surface area contributed by atoms with Gasteiger partial charge in [-0.15, -0.1) is 10.2 Å². The third kappa shape index (κ3) is 5.16. The minimum atomic E-state index is -3.81. The van der Waals surface area contributed by atoms with Gasteiger partial charge < -0.3 is 10.6 Å². The number of amides is 1. The van der Waals surface area contributed by atoms with Crippen LogP contribution in [0.15, 0.2) is 33.5 Å². The average molecular weight is 388 g/mol. The number of sulfonamides is 1. The van der Waals surface area contributed by atoms with Crippen molar-refractivity contribution in [1.29, 1.82) is 0 Å². The van der Waals surface area contributed by atoms with Gasteiger partial charge in [-0.1, -0.05) is 29.2 Å². The number of primary sulfonamides is 1. The Kier molecular flexibility index (Phi) is 6.15. The molecular formula is C13H17N5O3S3. The Balaban J connectivity index is 2.01. The van der Waals surface area contributed by atoms with E-state index in [2.05, 4.69) is 20.8 Å². The summed E-state index contributed by atoms with van der Waals surface area (Å²) in [6, 6.07) is 5.80. The Labute approximate surface area is 148 Å². The summed E-state index contributed by atoms with van der Waals surface area (Å²) in [7, 11) is -3.81. The van der Waals surface area contributed by atoms with Crippen LogP contribution in [0, 0.1) is 0 Å². The molecule has 1 aromatic heterocycles. The van der Waals surface area contributed by atoms with Crippen molar-refractivity contribution in [2.45, 2.75) is 28.3 Å². The molecule has 1 atom stereocenters. The topological polar surface area (TPSA) is 127 Å². The second-order valence-electron chi connectivity index (χ2n) is 4.73. The molecule has 0 aliphatic rings. The van der Waals surface area contributed by atoms with Crippen molar-refractivity contribution in [3.63, 3.8) is 0 Å². The van der Waals surface area contributed by atoms with Gasteiger partial charge in [0.25, 0.3) is 0 Å². The molecule has 0 saturated carbocycles. The fourth-order valence-corrected chi connectivity index (χ4v) is 4.20. The van der Waals surface area contributed by atoms with E-state index in [4.69, 9.17) is 5.14 Å². The van der Waals surface area contributed by atoms with Gasteiger partial charge in [-0.05, 0) is 32.0 Å². The smallest absolute Gasteiger partial charge is 0.238 e. The number of carbonyl (C=O) groups excluding carboxylic acids is 1. The van der Waals surface area contributed by atoms with Gasteiger partial charge in [0, 0.05) is 12.2 Å². The number of rotatable bonds is 7. The maximum Gasteiger partial charge on any atom is 0.238 e. The lowest BCUT2D eigenvalue weighted by Crippen LogP contribution is -2.22. The first kappa shape index (κ1) is 18.6. The zero-order valence-corrected chi connectivity index (χ0v) is 15.5. The van der Waals surface area contributed by atoms with Gasteiger partial charge in [0.05, 0.1) is 10.1 Å². The van der Waals surface area contributed by atoms with Crippen molar-refractivity contribution in [2.75, 3.05) is 17.2 Å². The number of nitrogens with two attached hydrogens (primary N) is 1. The molecule has 2 rings (SSSR count). The lowest BCUT2D eigenvalue weighted by atomic mass is 10.3. The fourth-order valence-electron chi connectivity index (χ4n) is 1.68. The van der Waals surface area contributed by atoms with Crippen LogP contribution in [0.3, 0.4) is 0 Å². The van der Waals surface area contributed by atoms with E-state index in [0.29, 0.717) is 15.2 Å². The van der Waals surface area contributed by atoms with E-state index in [1.54, 1.807) is 13.0 Å². The average Bonchev–Trinajstić information content (AvgIpc) is 2.94. The lowest BCUT2D eigenvalue weighted by molar-refractivity contribution is -0.115. The van der Waals surface area contributed by atoms with E-state index in [9.17, 15) is 13.2 Å². The maximum atomic E-state index is 12.2. The Morgan fingerprint density at radius 2 is 2.17 bits per heavy atom. The number of hydrogen-bond donors (Lipinski definition) is 3. The summed E-state index contributed by atoms with van der Waals surface area (Å²) in [6.07, 6.45) is 0. The highest BCUT2D eigenvalue weighted by Gasteiger charge is 2.18. The Bertz CT molecular complexity index is 822. The van der Waals surface area contributed by atoms with Crippen molar-refractivity contribution < 1.29 is 13.2 Å². The predicted molar refractivity (Wildman–Crippen MR) is 95.8 cm³/mol. The number of benzene rings is 1. The molecule has 0 bridgehead atoms. The molecule has 0 radical (unpaired) electrons. The van der Waals surface area contributed by atoms with Crippen molar-refractivity contribution >= 4 is 49.8 Å². The van der Waals surface area contributed by atoms with Crippen molar-refractivity contribution in [3.8, 4) is 0 Å². The second kappa shape index (κ2) is 7.92. The fraction of sp³-hybridized carbons (Fsp3) is 0.308. The molecule has 0 saturated heterocycles. The third-order valence-electron chi connectivity index (χ3n) is 2.81. The molecule has 2 aromatic rings. The molecule has 0 aliphatic heterocycles. The Hall–Kier alpha value is -1.69. The van der Waals surface area contributed by atoms with Crippen LogP contribution in [0.4, 0.5) is 10.8 Å². The summed E-state index contributed by atoms with van der Waals surface area (Å²) < 4.78 is 23.4. The van der Waals surface area contributed by atoms with Crippen LogP contribution < -0.4 is 15.8 Å². The highest BCUT2D eigenvalue weighted by Crippen LogP contribution is 2.29. The zero-order valence-electron chi connectivity index (χ0n) is 13.0. The summed E-state index contributed by atoms with van der Waals surface area (Å²) in [5.74, 6) is -0.272. The minimum Gasteiger partial charge on any atom is -0.360 e. The van der Waals surface area contributed by atoms with Gasteiger partial charge in [-0.25, -0.2) is 13.6 Å². The van der Waals surface area contributed by atoms with Crippen LogP contribution >= 0.6 is 23.1 Å². The van der Waals surface area contributed by atoms with Gasteiger partial charge in [0.2, 0.25) is 21.1 Å². The van der Waals surface area contributed by atoms with Crippen molar-refractivity contribution in [1.82, 2.24) is 10.2 Å². The van der Waals surface area contributed by atoms with E-state index >= 15 is 0 Å². The number of hydrogen-bond acceptors (Lipinski definition) is 8. The van der Waals surface area contributed by atoms with Crippen molar-refractivity contribution in [2.24, 2.45) is 5.14 Å². The summed E-state index contributed by atoms with van der Waals surface area (Å²) >= 11 is 2.65. The van der Waals surface area contributed by atoms with Gasteiger partial charge in [-0.2, -0.15) is 0 Å². The molecule has 1 aromatic carbocycles. The monoisotopic (exact) mass is 387 g/mol. The van der Waals surface area contributed by atoms with Gasteiger partial charge in [-0.3, -0.25) is 4.79 Å². The van der Waals surface area contributed by atoms with Crippen LogP contribution in [0.2, 0.25) is 0 Å². The van der Waals surface area contributed by atoms with Crippen LogP contribution in [-0.2, 0) is 14.8 Å². The zero-order chi connectivity index (χ0) is 17.7. The van der Waals surface area contributed by atoms with E-state index in [-0.39, 0.29) is 10.8 Å². The summed E-state index contributed by atoms with van der Waals surface area (Å²) in [5.41, 5.74) is 0.365. The first-order chi connectivity index (χ1) is 11.3. The van der Waals surface area contributed by atoms with Crippen LogP contribution in [-0.4, -0.2) is 36.3 Å². The van der Waals surface area contributed by atoms with Crippen LogP contribution in [0.25, 0.3) is 0 Å². The molecule has 1 heterocycles. The molecule has 0 fully saturated rings. The first-order valence-electron chi connectivity index (χ1n) is 6.97. The molecule has 11 heteroatoms. The largest absolute Gasteiger partial charge is 0.360 e. The van der Waals surface area contributed by atoms with Gasteiger partial charge in [0.15, 0.2) is 4.34 Å². The lowest BCUT2D eigenvalue weighted by Gasteiger charge is -2.11. The molecule has 1 unspecified atom stereocenters. The quantitative estimate of drug-likeness (QED) is 0.617. The first-order valence-corrected chi connectivity index (χ1v) is 10.2. The minimum absolute atomic E-state index is 0.0555. The number of carbonyl (C=O) groups is 1. The van der Waals surface area contributed by atoms with E-state index in [1.807, 2.05) is 6.92 Å². The van der Waals surface area contributed by atoms with E-state index in [0.717, 1.165) is 6.54 Å². The Morgan fingerprint density at radius 1 is 1.42 bits per heavy atom. The number of anilines is 2. The van der Waals surface area contributed by atoms with Gasteiger partial charge in [0.1, 0.15) is 0 Å². The molecule has 0 aliphatic carbocycles. The molecular weight excluding hydrogens is 370 g/mol. The maximum absolute atomic E-state index is 12.2. The summed E-state index contributed by atoms with van der Waals surface area (Å²) in [6.45, 7) is 4.44. The summed E-state index contributed by atoms with van der Waals surface area (Å²) in [5, 5.41) is 19.0. The molecule has 1 amide bonds. The van der Waals surface area contributed by atoms with Crippen LogP contribution in [0.5, 0.6) is 0 Å². The van der Waals surface area contributed by atoms with Crippen molar-refractivity contribution in [3.05, 3.63) is 24.3 Å². The third-order valence-corrected chi connectivity index (χ3v) is 5.79. The highest BCUT2D eigenvalue weighted by atomic mass is 32.2. The molecule has 4 N–H and O–H groups in total. The standard InChI is InChI=1S/C13H17N5O3S3/c1-3-15-12-17-18-13(23-12)22-8(2)11(19)16-9-5-4-6-10(7-9)24(14,20)21/h4-8H,3H2,1-2H3,(H,15,17)(H,16,19)(H2,14,20,21). The number of nitrogens with zero attached hydrogens (tertiary/aromatic N) is 2. The number of aromatic nitrogens is 2. The molecule has 130 valence electrons. The number of thioether (sulfide) groups is 1. The Morgan fingerprint density at radius 3 is 2.83 bits per heavy atom. The normalized spacial score (nSPS) is 12.6. The molecule has 24 heavy (non-hydrogen) atoms. The van der Waals surface area contributed by atoms with Gasteiger partial charge >= 0.3 is 0 Å². The SMILES string of the molecule is CCNc1nnc(SC(C)C(=O)Nc2cccc(S(N)(=O)=O)c2)s1. The highest BCUT2D eigenvalue weighted by molar-refractivity contribution is 8.02. The molecule has 0 spiro atoms. The van der Waals surface area contributed by atoms with E-state index < -0.39 is 15.3 Å². The predicted octanol–water partition coefficient (Wildman–Crippen LogP) is 1.74. The van der Waals surface area contributed by atoms with Crippen LogP contribution in [0.1, 0.15) is 13.8 Å². The second-order valence-corrected chi connectivity index (χ2v) is 8.85. The molecule has 8 nitrogen and oxygen atoms in total. The summed E-state index contributed by atoms with van der Waals surface area (Å²) in [4.78, 5) is 12.2. The number of nitrogens with one attached hydrogen (secondary N) is 2.